The zero-order valence-electron chi connectivity index (χ0n) is 21.1. The predicted octanol–water partition coefficient (Wildman–Crippen LogP) is 4.74. The standard InChI is InChI=1S/C28H27ClN8OS/c29-19-5-6-21(18(13-19)16-37-10-8-31-9-11-37)32-15-23-20-4-2-1-3-17(20)14-24(33-23)35-28(38)27-34-22-7-12-39-25(22)26(30)36-27/h1-7,12-14,31-32H,8-11,15-16H2,(H2,30,34,36)(H,33,35,38). The second-order valence-corrected chi connectivity index (χ2v) is 10.7. The maximum atomic E-state index is 13.1. The Morgan fingerprint density at radius 1 is 1.08 bits per heavy atom. The number of hydrogen-bond donors (Lipinski definition) is 4. The summed E-state index contributed by atoms with van der Waals surface area (Å²) in [4.78, 5) is 28.8. The third-order valence-corrected chi connectivity index (χ3v) is 7.87. The van der Waals surface area contributed by atoms with Crippen LogP contribution in [0, 0.1) is 0 Å². The number of rotatable bonds is 7. The molecule has 0 atom stereocenters. The lowest BCUT2D eigenvalue weighted by molar-refractivity contribution is 0.101. The molecule has 11 heteroatoms. The number of amides is 1. The zero-order chi connectivity index (χ0) is 26.8. The average Bonchev–Trinajstić information content (AvgIpc) is 3.43. The highest BCUT2D eigenvalue weighted by molar-refractivity contribution is 7.17. The number of hydrogen-bond acceptors (Lipinski definition) is 9. The lowest BCUT2D eigenvalue weighted by Gasteiger charge is -2.28. The van der Waals surface area contributed by atoms with Gasteiger partial charge in [0, 0.05) is 48.8 Å². The maximum absolute atomic E-state index is 13.1. The molecule has 1 saturated heterocycles. The van der Waals surface area contributed by atoms with E-state index < -0.39 is 5.91 Å². The molecule has 1 aliphatic heterocycles. The number of nitrogen functional groups attached to an aromatic ring is 1. The van der Waals surface area contributed by atoms with Crippen molar-refractivity contribution >= 4 is 67.2 Å². The van der Waals surface area contributed by atoms with Crippen molar-refractivity contribution in [2.75, 3.05) is 42.5 Å². The number of nitrogens with two attached hydrogens (primary N) is 1. The van der Waals surface area contributed by atoms with E-state index in [2.05, 4.69) is 30.8 Å². The Balaban J connectivity index is 1.26. The van der Waals surface area contributed by atoms with Gasteiger partial charge in [0.1, 0.15) is 11.6 Å². The second kappa shape index (κ2) is 11.1. The van der Waals surface area contributed by atoms with Crippen LogP contribution in [-0.2, 0) is 13.1 Å². The molecule has 5 N–H and O–H groups in total. The fourth-order valence-electron chi connectivity index (χ4n) is 4.78. The normalized spacial score (nSPS) is 14.1. The van der Waals surface area contributed by atoms with E-state index in [0.29, 0.717) is 22.9 Å². The van der Waals surface area contributed by atoms with Crippen LogP contribution in [0.15, 0.2) is 60.0 Å². The minimum absolute atomic E-state index is 0.00625. The van der Waals surface area contributed by atoms with Gasteiger partial charge in [0.25, 0.3) is 5.91 Å². The van der Waals surface area contributed by atoms with Gasteiger partial charge in [0.05, 0.1) is 22.5 Å². The van der Waals surface area contributed by atoms with Crippen molar-refractivity contribution in [2.45, 2.75) is 13.1 Å². The third kappa shape index (κ3) is 5.64. The van der Waals surface area contributed by atoms with E-state index in [9.17, 15) is 4.79 Å². The summed E-state index contributed by atoms with van der Waals surface area (Å²) in [6.45, 7) is 5.23. The molecule has 4 heterocycles. The van der Waals surface area contributed by atoms with E-state index in [0.717, 1.165) is 65.1 Å². The summed E-state index contributed by atoms with van der Waals surface area (Å²) in [7, 11) is 0. The van der Waals surface area contributed by atoms with E-state index in [4.69, 9.17) is 22.3 Å². The summed E-state index contributed by atoms with van der Waals surface area (Å²) in [5.74, 6) is 0.246. The van der Waals surface area contributed by atoms with Crippen molar-refractivity contribution < 1.29 is 4.79 Å². The fraction of sp³-hybridized carbons (Fsp3) is 0.214. The number of fused-ring (bicyclic) bond motifs is 2. The Hall–Kier alpha value is -3.83. The van der Waals surface area contributed by atoms with Crippen molar-refractivity contribution in [1.29, 1.82) is 0 Å². The SMILES string of the molecule is Nc1nc(C(=O)Nc2cc3ccccc3c(CNc3ccc(Cl)cc3CN3CCNCC3)n2)nc2ccsc12. The van der Waals surface area contributed by atoms with Crippen molar-refractivity contribution in [3.05, 3.63) is 82.1 Å². The second-order valence-electron chi connectivity index (χ2n) is 9.38. The van der Waals surface area contributed by atoms with Crippen molar-refractivity contribution in [3.8, 4) is 0 Å². The van der Waals surface area contributed by atoms with E-state index in [1.165, 1.54) is 11.3 Å². The lowest BCUT2D eigenvalue weighted by atomic mass is 10.1. The van der Waals surface area contributed by atoms with E-state index in [-0.39, 0.29) is 11.6 Å². The quantitative estimate of drug-likeness (QED) is 0.226. The van der Waals surface area contributed by atoms with Crippen molar-refractivity contribution in [2.24, 2.45) is 0 Å². The van der Waals surface area contributed by atoms with E-state index >= 15 is 0 Å². The number of aromatic nitrogens is 3. The molecule has 2 aromatic carbocycles. The first-order valence-electron chi connectivity index (χ1n) is 12.7. The molecule has 0 radical (unpaired) electrons. The van der Waals surface area contributed by atoms with Crippen LogP contribution in [0.2, 0.25) is 5.02 Å². The van der Waals surface area contributed by atoms with Gasteiger partial charge in [-0.1, -0.05) is 35.9 Å². The van der Waals surface area contributed by atoms with Crippen LogP contribution in [-0.4, -0.2) is 51.9 Å². The summed E-state index contributed by atoms with van der Waals surface area (Å²) in [5.41, 5.74) is 9.64. The number of pyridine rings is 1. The van der Waals surface area contributed by atoms with Gasteiger partial charge in [-0.05, 0) is 46.7 Å². The fourth-order valence-corrected chi connectivity index (χ4v) is 5.71. The first-order valence-corrected chi connectivity index (χ1v) is 14.0. The zero-order valence-corrected chi connectivity index (χ0v) is 22.6. The summed E-state index contributed by atoms with van der Waals surface area (Å²) in [6, 6.07) is 17.6. The van der Waals surface area contributed by atoms with Crippen LogP contribution < -0.4 is 21.7 Å². The summed E-state index contributed by atoms with van der Waals surface area (Å²) < 4.78 is 0.766. The van der Waals surface area contributed by atoms with Gasteiger partial charge in [-0.2, -0.15) is 0 Å². The Bertz CT molecular complexity index is 1670. The molecule has 1 amide bonds. The molecule has 3 aromatic heterocycles. The van der Waals surface area contributed by atoms with Gasteiger partial charge in [-0.25, -0.2) is 15.0 Å². The first-order chi connectivity index (χ1) is 19.0. The Kier molecular flexibility index (Phi) is 7.25. The largest absolute Gasteiger partial charge is 0.382 e. The molecule has 39 heavy (non-hydrogen) atoms. The van der Waals surface area contributed by atoms with Crippen LogP contribution in [0.4, 0.5) is 17.3 Å². The molecule has 6 rings (SSSR count). The molecular formula is C28H27ClN8OS. The van der Waals surface area contributed by atoms with Gasteiger partial charge in [-0.15, -0.1) is 11.3 Å². The molecule has 0 aliphatic carbocycles. The molecule has 0 bridgehead atoms. The Morgan fingerprint density at radius 2 is 1.92 bits per heavy atom. The summed E-state index contributed by atoms with van der Waals surface area (Å²) >= 11 is 7.80. The number of nitrogens with one attached hydrogen (secondary N) is 3. The van der Waals surface area contributed by atoms with Gasteiger partial charge in [0.15, 0.2) is 0 Å². The van der Waals surface area contributed by atoms with Crippen LogP contribution >= 0.6 is 22.9 Å². The molecule has 1 fully saturated rings. The molecule has 198 valence electrons. The smallest absolute Gasteiger partial charge is 0.294 e. The number of carbonyl (C=O) groups excluding carboxylic acids is 1. The Morgan fingerprint density at radius 3 is 2.79 bits per heavy atom. The number of halogens is 1. The summed E-state index contributed by atoms with van der Waals surface area (Å²) in [5, 5.41) is 14.4. The third-order valence-electron chi connectivity index (χ3n) is 6.71. The monoisotopic (exact) mass is 558 g/mol. The highest BCUT2D eigenvalue weighted by Crippen LogP contribution is 2.27. The van der Waals surface area contributed by atoms with Crippen LogP contribution in [0.1, 0.15) is 21.9 Å². The van der Waals surface area contributed by atoms with E-state index in [1.807, 2.05) is 60.0 Å². The maximum Gasteiger partial charge on any atom is 0.294 e. The van der Waals surface area contributed by atoms with Crippen molar-refractivity contribution in [3.63, 3.8) is 0 Å². The number of thiophene rings is 1. The minimum atomic E-state index is -0.465. The molecule has 9 nitrogen and oxygen atoms in total. The number of anilines is 3. The van der Waals surface area contributed by atoms with Crippen LogP contribution in [0.3, 0.4) is 0 Å². The number of nitrogens with zero attached hydrogens (tertiary/aromatic N) is 4. The highest BCUT2D eigenvalue weighted by atomic mass is 35.5. The molecule has 5 aromatic rings. The molecule has 1 aliphatic rings. The Labute approximate surface area is 234 Å². The van der Waals surface area contributed by atoms with Crippen LogP contribution in [0.25, 0.3) is 21.0 Å². The molecular weight excluding hydrogens is 532 g/mol. The van der Waals surface area contributed by atoms with Gasteiger partial charge >= 0.3 is 0 Å². The molecule has 0 saturated carbocycles. The van der Waals surface area contributed by atoms with Gasteiger partial charge in [0.2, 0.25) is 5.82 Å². The average molecular weight is 559 g/mol. The predicted molar refractivity (Wildman–Crippen MR) is 158 cm³/mol. The van der Waals surface area contributed by atoms with Gasteiger partial charge < -0.3 is 21.7 Å². The lowest BCUT2D eigenvalue weighted by Crippen LogP contribution is -2.42. The summed E-state index contributed by atoms with van der Waals surface area (Å²) in [6.07, 6.45) is 0. The van der Waals surface area contributed by atoms with Crippen molar-refractivity contribution in [1.82, 2.24) is 25.2 Å². The first kappa shape index (κ1) is 25.4. The number of benzene rings is 2. The molecule has 0 spiro atoms. The number of piperazine rings is 1. The molecule has 0 unspecified atom stereocenters. The van der Waals surface area contributed by atoms with E-state index in [1.54, 1.807) is 0 Å². The van der Waals surface area contributed by atoms with Crippen LogP contribution in [0.5, 0.6) is 0 Å². The number of carbonyl (C=O) groups is 1. The highest BCUT2D eigenvalue weighted by Gasteiger charge is 2.17. The van der Waals surface area contributed by atoms with Gasteiger partial charge in [-0.3, -0.25) is 9.69 Å². The topological polar surface area (TPSA) is 121 Å². The minimum Gasteiger partial charge on any atom is -0.382 e.